The van der Waals surface area contributed by atoms with Gasteiger partial charge in [0, 0.05) is 19.6 Å². The number of aliphatic carboxylic acids is 1. The van der Waals surface area contributed by atoms with E-state index in [0.717, 1.165) is 38.8 Å². The van der Waals surface area contributed by atoms with Crippen molar-refractivity contribution in [3.05, 3.63) is 0 Å². The van der Waals surface area contributed by atoms with Gasteiger partial charge in [-0.15, -0.1) is 0 Å². The van der Waals surface area contributed by atoms with Crippen LogP contribution in [0.15, 0.2) is 0 Å². The molecule has 0 aromatic rings. The Morgan fingerprint density at radius 1 is 1.47 bits per heavy atom. The highest BCUT2D eigenvalue weighted by atomic mass is 16.4. The molecule has 108 valence electrons. The molecule has 0 spiro atoms. The summed E-state index contributed by atoms with van der Waals surface area (Å²) in [5, 5.41) is 12.4. The molecule has 0 aliphatic carbocycles. The molecule has 1 amide bonds. The number of nitrogens with zero attached hydrogens (tertiary/aromatic N) is 1. The van der Waals surface area contributed by atoms with Crippen molar-refractivity contribution in [2.75, 3.05) is 26.2 Å². The van der Waals surface area contributed by atoms with Crippen molar-refractivity contribution in [1.82, 2.24) is 10.2 Å². The minimum atomic E-state index is -0.772. The van der Waals surface area contributed by atoms with Crippen LogP contribution in [0.4, 0.5) is 0 Å². The molecule has 2 rings (SSSR count). The molecule has 19 heavy (non-hydrogen) atoms. The number of likely N-dealkylation sites (tertiary alicyclic amines) is 1. The third-order valence-corrected chi connectivity index (χ3v) is 4.48. The SMILES string of the molecule is CCCC1(C(=O)N2CCC[C@@H](C(=O)O)C2)CCNC1. The summed E-state index contributed by atoms with van der Waals surface area (Å²) in [4.78, 5) is 25.7. The number of piperidine rings is 1. The van der Waals surface area contributed by atoms with Crippen molar-refractivity contribution in [3.63, 3.8) is 0 Å². The minimum Gasteiger partial charge on any atom is -0.481 e. The average molecular weight is 268 g/mol. The van der Waals surface area contributed by atoms with Crippen LogP contribution in [-0.2, 0) is 9.59 Å². The van der Waals surface area contributed by atoms with Crippen molar-refractivity contribution < 1.29 is 14.7 Å². The Bertz CT molecular complexity index is 351. The summed E-state index contributed by atoms with van der Waals surface area (Å²) in [6.45, 7) is 4.84. The van der Waals surface area contributed by atoms with E-state index in [4.69, 9.17) is 5.11 Å². The van der Waals surface area contributed by atoms with Crippen LogP contribution in [-0.4, -0.2) is 48.1 Å². The van der Waals surface area contributed by atoms with Crippen LogP contribution in [0.3, 0.4) is 0 Å². The monoisotopic (exact) mass is 268 g/mol. The van der Waals surface area contributed by atoms with E-state index in [1.807, 2.05) is 0 Å². The van der Waals surface area contributed by atoms with Crippen molar-refractivity contribution in [2.24, 2.45) is 11.3 Å². The molecule has 0 bridgehead atoms. The first-order valence-electron chi connectivity index (χ1n) is 7.32. The Labute approximate surface area is 114 Å². The van der Waals surface area contributed by atoms with Gasteiger partial charge in [0.15, 0.2) is 0 Å². The van der Waals surface area contributed by atoms with Gasteiger partial charge < -0.3 is 15.3 Å². The summed E-state index contributed by atoms with van der Waals surface area (Å²) < 4.78 is 0. The molecular formula is C14H24N2O3. The van der Waals surface area contributed by atoms with E-state index < -0.39 is 5.97 Å². The maximum absolute atomic E-state index is 12.8. The summed E-state index contributed by atoms with van der Waals surface area (Å²) in [6, 6.07) is 0. The van der Waals surface area contributed by atoms with Gasteiger partial charge in [-0.1, -0.05) is 13.3 Å². The van der Waals surface area contributed by atoms with Gasteiger partial charge >= 0.3 is 5.97 Å². The van der Waals surface area contributed by atoms with Crippen molar-refractivity contribution in [1.29, 1.82) is 0 Å². The van der Waals surface area contributed by atoms with E-state index in [2.05, 4.69) is 12.2 Å². The number of nitrogens with one attached hydrogen (secondary N) is 1. The first-order valence-corrected chi connectivity index (χ1v) is 7.32. The predicted molar refractivity (Wildman–Crippen MR) is 71.8 cm³/mol. The lowest BCUT2D eigenvalue weighted by atomic mass is 9.80. The second-order valence-electron chi connectivity index (χ2n) is 5.89. The minimum absolute atomic E-state index is 0.172. The van der Waals surface area contributed by atoms with E-state index in [1.165, 1.54) is 0 Å². The topological polar surface area (TPSA) is 69.6 Å². The zero-order chi connectivity index (χ0) is 13.9. The molecule has 0 saturated carbocycles. The zero-order valence-electron chi connectivity index (χ0n) is 11.7. The molecule has 2 fully saturated rings. The first kappa shape index (κ1) is 14.3. The van der Waals surface area contributed by atoms with Gasteiger partial charge in [-0.25, -0.2) is 0 Å². The molecule has 5 heteroatoms. The normalized spacial score (nSPS) is 31.4. The van der Waals surface area contributed by atoms with E-state index >= 15 is 0 Å². The number of carboxylic acids is 1. The Morgan fingerprint density at radius 2 is 2.26 bits per heavy atom. The number of hydrogen-bond donors (Lipinski definition) is 2. The van der Waals surface area contributed by atoms with Crippen LogP contribution in [0.5, 0.6) is 0 Å². The maximum Gasteiger partial charge on any atom is 0.308 e. The van der Waals surface area contributed by atoms with Crippen LogP contribution in [0.25, 0.3) is 0 Å². The van der Waals surface area contributed by atoms with Crippen molar-refractivity contribution in [2.45, 2.75) is 39.0 Å². The molecule has 0 aromatic heterocycles. The Kier molecular flexibility index (Phi) is 4.45. The summed E-state index contributed by atoms with van der Waals surface area (Å²) in [5.41, 5.74) is -0.283. The highest BCUT2D eigenvalue weighted by molar-refractivity contribution is 5.84. The fourth-order valence-electron chi connectivity index (χ4n) is 3.42. The number of carbonyl (C=O) groups is 2. The van der Waals surface area contributed by atoms with Gasteiger partial charge in [0.2, 0.25) is 5.91 Å². The molecule has 2 heterocycles. The predicted octanol–water partition coefficient (Wildman–Crippen LogP) is 1.09. The lowest BCUT2D eigenvalue weighted by Crippen LogP contribution is -2.50. The molecule has 2 aliphatic heterocycles. The van der Waals surface area contributed by atoms with Crippen LogP contribution in [0.2, 0.25) is 0 Å². The first-order chi connectivity index (χ1) is 9.09. The van der Waals surface area contributed by atoms with Crippen LogP contribution in [0, 0.1) is 11.3 Å². The fraction of sp³-hybridized carbons (Fsp3) is 0.857. The van der Waals surface area contributed by atoms with Crippen LogP contribution in [0.1, 0.15) is 39.0 Å². The second kappa shape index (κ2) is 5.90. The highest BCUT2D eigenvalue weighted by Gasteiger charge is 2.44. The molecule has 0 radical (unpaired) electrons. The summed E-state index contributed by atoms with van der Waals surface area (Å²) >= 11 is 0. The molecule has 2 N–H and O–H groups in total. The van der Waals surface area contributed by atoms with E-state index in [0.29, 0.717) is 19.5 Å². The van der Waals surface area contributed by atoms with Gasteiger partial charge in [-0.05, 0) is 32.2 Å². The van der Waals surface area contributed by atoms with Crippen LogP contribution >= 0.6 is 0 Å². The zero-order valence-corrected chi connectivity index (χ0v) is 11.7. The van der Waals surface area contributed by atoms with E-state index in [-0.39, 0.29) is 17.2 Å². The molecule has 2 atom stereocenters. The lowest BCUT2D eigenvalue weighted by Gasteiger charge is -2.37. The quantitative estimate of drug-likeness (QED) is 0.801. The number of carboxylic acid groups (broad SMARTS) is 1. The molecular weight excluding hydrogens is 244 g/mol. The fourth-order valence-corrected chi connectivity index (χ4v) is 3.42. The third kappa shape index (κ3) is 2.91. The number of carbonyl (C=O) groups excluding carboxylic acids is 1. The molecule has 1 unspecified atom stereocenters. The number of amides is 1. The third-order valence-electron chi connectivity index (χ3n) is 4.48. The second-order valence-corrected chi connectivity index (χ2v) is 5.89. The molecule has 2 aliphatic rings. The van der Waals surface area contributed by atoms with Crippen LogP contribution < -0.4 is 5.32 Å². The Hall–Kier alpha value is -1.10. The Morgan fingerprint density at radius 3 is 2.84 bits per heavy atom. The summed E-state index contributed by atoms with van der Waals surface area (Å²) in [7, 11) is 0. The average Bonchev–Trinajstić information content (AvgIpc) is 2.88. The van der Waals surface area contributed by atoms with Gasteiger partial charge in [0.25, 0.3) is 0 Å². The molecule has 5 nitrogen and oxygen atoms in total. The Balaban J connectivity index is 2.07. The molecule has 2 saturated heterocycles. The number of rotatable bonds is 4. The summed E-state index contributed by atoms with van der Waals surface area (Å²) in [5.74, 6) is -0.984. The lowest BCUT2D eigenvalue weighted by molar-refractivity contribution is -0.149. The van der Waals surface area contributed by atoms with Gasteiger partial charge in [0.05, 0.1) is 11.3 Å². The van der Waals surface area contributed by atoms with E-state index in [9.17, 15) is 9.59 Å². The molecule has 0 aromatic carbocycles. The standard InChI is InChI=1S/C14H24N2O3/c1-2-5-14(6-7-15-10-14)13(19)16-8-3-4-11(9-16)12(17)18/h11,15H,2-10H2,1H3,(H,17,18)/t11-,14?/m1/s1. The van der Waals surface area contributed by atoms with Crippen molar-refractivity contribution >= 4 is 11.9 Å². The van der Waals surface area contributed by atoms with Gasteiger partial charge in [-0.2, -0.15) is 0 Å². The number of hydrogen-bond acceptors (Lipinski definition) is 3. The van der Waals surface area contributed by atoms with E-state index in [1.54, 1.807) is 4.90 Å². The summed E-state index contributed by atoms with van der Waals surface area (Å²) in [6.07, 6.45) is 4.26. The largest absolute Gasteiger partial charge is 0.481 e. The van der Waals surface area contributed by atoms with Crippen molar-refractivity contribution in [3.8, 4) is 0 Å². The maximum atomic E-state index is 12.8. The highest BCUT2D eigenvalue weighted by Crippen LogP contribution is 2.34. The van der Waals surface area contributed by atoms with Gasteiger partial charge in [-0.3, -0.25) is 9.59 Å². The smallest absolute Gasteiger partial charge is 0.308 e. The van der Waals surface area contributed by atoms with Gasteiger partial charge in [0.1, 0.15) is 0 Å².